The van der Waals surface area contributed by atoms with E-state index in [1.54, 1.807) is 0 Å². The van der Waals surface area contributed by atoms with Crippen molar-refractivity contribution in [1.29, 1.82) is 0 Å². The predicted octanol–water partition coefficient (Wildman–Crippen LogP) is 15.9. The SMILES string of the molecule is CC1(C)c2ccccc2-c2cc3c(cc21)c1ccc2c(c1n3-c1ccc3c(c1)c1ccccc1n3-c1ccc3c(c1)c1ccccc1n3-c1ccccc1)Sc1ccccc1S2. The van der Waals surface area contributed by atoms with Crippen LogP contribution in [0, 0.1) is 0 Å². The van der Waals surface area contributed by atoms with E-state index in [0.29, 0.717) is 0 Å². The summed E-state index contributed by atoms with van der Waals surface area (Å²) in [5.74, 6) is 0. The second-order valence-corrected chi connectivity index (χ2v) is 19.4. The first-order valence-electron chi connectivity index (χ1n) is 21.3. The lowest BCUT2D eigenvalue weighted by Gasteiger charge is -2.21. The van der Waals surface area contributed by atoms with E-state index in [-0.39, 0.29) is 5.41 Å². The number of hydrogen-bond donors (Lipinski definition) is 0. The van der Waals surface area contributed by atoms with Crippen LogP contribution in [0.15, 0.2) is 208 Å². The molecule has 5 heteroatoms. The number of nitrogens with zero attached hydrogens (tertiary/aromatic N) is 3. The lowest BCUT2D eigenvalue weighted by atomic mass is 9.82. The Morgan fingerprint density at radius 3 is 1.63 bits per heavy atom. The number of para-hydroxylation sites is 3. The van der Waals surface area contributed by atoms with Crippen molar-refractivity contribution in [3.63, 3.8) is 0 Å². The Balaban J connectivity index is 1.03. The number of benzene rings is 9. The molecule has 2 aliphatic rings. The van der Waals surface area contributed by atoms with Crippen LogP contribution in [0.3, 0.4) is 0 Å². The molecule has 0 fully saturated rings. The highest BCUT2D eigenvalue weighted by atomic mass is 32.2. The Morgan fingerprint density at radius 1 is 0.339 bits per heavy atom. The molecule has 1 aliphatic carbocycles. The molecular formula is C57H37N3S2. The van der Waals surface area contributed by atoms with Gasteiger partial charge in [-0.2, -0.15) is 0 Å². The second kappa shape index (κ2) is 12.6. The molecule has 62 heavy (non-hydrogen) atoms. The highest BCUT2D eigenvalue weighted by Gasteiger charge is 2.36. The van der Waals surface area contributed by atoms with Crippen LogP contribution in [-0.2, 0) is 5.41 Å². The molecule has 0 unspecified atom stereocenters. The van der Waals surface area contributed by atoms with E-state index in [9.17, 15) is 0 Å². The molecule has 0 N–H and O–H groups in total. The van der Waals surface area contributed by atoms with Gasteiger partial charge in [0.2, 0.25) is 0 Å². The van der Waals surface area contributed by atoms with E-state index in [1.807, 2.05) is 23.5 Å². The van der Waals surface area contributed by atoms with Crippen LogP contribution in [0.25, 0.3) is 93.6 Å². The van der Waals surface area contributed by atoms with Crippen LogP contribution in [0.1, 0.15) is 25.0 Å². The normalized spacial score (nSPS) is 14.0. The summed E-state index contributed by atoms with van der Waals surface area (Å²) in [7, 11) is 0. The van der Waals surface area contributed by atoms with E-state index >= 15 is 0 Å². The molecule has 0 saturated heterocycles. The first-order chi connectivity index (χ1) is 30.5. The van der Waals surface area contributed by atoms with Crippen molar-refractivity contribution in [2.45, 2.75) is 38.8 Å². The molecule has 0 atom stereocenters. The zero-order chi connectivity index (χ0) is 40.8. The van der Waals surface area contributed by atoms with Crippen LogP contribution in [-0.4, -0.2) is 13.7 Å². The molecule has 0 amide bonds. The number of rotatable bonds is 3. The minimum Gasteiger partial charge on any atom is -0.309 e. The fourth-order valence-electron chi connectivity index (χ4n) is 10.9. The van der Waals surface area contributed by atoms with Gasteiger partial charge in [0, 0.05) is 69.5 Å². The Kier molecular flexibility index (Phi) is 7.05. The average Bonchev–Trinajstić information content (AvgIpc) is 4.01. The van der Waals surface area contributed by atoms with Gasteiger partial charge in [-0.15, -0.1) is 0 Å². The van der Waals surface area contributed by atoms with Crippen molar-refractivity contribution in [1.82, 2.24) is 13.7 Å². The van der Waals surface area contributed by atoms with Gasteiger partial charge < -0.3 is 13.7 Å². The van der Waals surface area contributed by atoms with Gasteiger partial charge in [-0.1, -0.05) is 134 Å². The summed E-state index contributed by atoms with van der Waals surface area (Å²) in [5, 5.41) is 7.58. The monoisotopic (exact) mass is 827 g/mol. The Labute approximate surface area is 366 Å². The Bertz CT molecular complexity index is 3900. The van der Waals surface area contributed by atoms with Crippen molar-refractivity contribution in [3.05, 3.63) is 199 Å². The maximum Gasteiger partial charge on any atom is 0.0692 e. The largest absolute Gasteiger partial charge is 0.309 e. The molecule has 14 rings (SSSR count). The van der Waals surface area contributed by atoms with Gasteiger partial charge in [-0.05, 0) is 113 Å². The summed E-state index contributed by atoms with van der Waals surface area (Å²) in [6, 6.07) is 70.2. The smallest absolute Gasteiger partial charge is 0.0692 e. The minimum atomic E-state index is -0.0908. The molecular weight excluding hydrogens is 791 g/mol. The van der Waals surface area contributed by atoms with E-state index in [2.05, 4.69) is 216 Å². The van der Waals surface area contributed by atoms with Crippen LogP contribution in [0.2, 0.25) is 0 Å². The minimum absolute atomic E-state index is 0.0908. The molecule has 0 radical (unpaired) electrons. The lowest BCUT2D eigenvalue weighted by molar-refractivity contribution is 0.661. The van der Waals surface area contributed by atoms with Gasteiger partial charge in [0.25, 0.3) is 0 Å². The molecule has 0 spiro atoms. The predicted molar refractivity (Wildman–Crippen MR) is 262 cm³/mol. The summed E-state index contributed by atoms with van der Waals surface area (Å²) in [6.45, 7) is 4.77. The zero-order valence-electron chi connectivity index (χ0n) is 34.1. The molecule has 9 aromatic carbocycles. The molecule has 0 bridgehead atoms. The third-order valence-corrected chi connectivity index (χ3v) is 16.3. The van der Waals surface area contributed by atoms with Gasteiger partial charge in [-0.3, -0.25) is 0 Å². The Hall–Kier alpha value is -6.92. The van der Waals surface area contributed by atoms with E-state index in [4.69, 9.17) is 0 Å². The van der Waals surface area contributed by atoms with Gasteiger partial charge in [0.1, 0.15) is 0 Å². The fraction of sp³-hybridized carbons (Fsp3) is 0.0526. The Morgan fingerprint density at radius 2 is 0.903 bits per heavy atom. The standard InChI is InChI=1S/C57H37N3S2/c1-57(2)45-19-9-6-16-37(45)41-33-51-44(32-46(41)57)40-26-29-54-56(62-53-23-13-12-22-52(53)61-54)55(40)60(51)36-25-28-50-43(31-36)39-18-8-11-21-48(39)59(50)35-24-27-49-42(30-35)38-17-7-10-20-47(38)58(49)34-14-4-3-5-15-34/h3-33H,1-2H3. The number of aromatic nitrogens is 3. The molecule has 4 heterocycles. The van der Waals surface area contributed by atoms with Gasteiger partial charge in [-0.25, -0.2) is 0 Å². The highest BCUT2D eigenvalue weighted by molar-refractivity contribution is 8.05. The van der Waals surface area contributed by atoms with E-state index in [0.717, 1.165) is 5.69 Å². The lowest BCUT2D eigenvalue weighted by Crippen LogP contribution is -2.14. The molecule has 3 aromatic heterocycles. The summed E-state index contributed by atoms with van der Waals surface area (Å²) in [4.78, 5) is 5.27. The molecule has 12 aromatic rings. The van der Waals surface area contributed by atoms with Crippen molar-refractivity contribution < 1.29 is 0 Å². The van der Waals surface area contributed by atoms with E-state index < -0.39 is 0 Å². The van der Waals surface area contributed by atoms with Crippen molar-refractivity contribution >= 4 is 88.9 Å². The van der Waals surface area contributed by atoms with Crippen LogP contribution >= 0.6 is 23.5 Å². The first kappa shape index (κ1) is 34.8. The first-order valence-corrected chi connectivity index (χ1v) is 23.0. The quantitative estimate of drug-likeness (QED) is 0.176. The third-order valence-electron chi connectivity index (χ3n) is 13.7. The maximum atomic E-state index is 2.58. The second-order valence-electron chi connectivity index (χ2n) is 17.3. The third kappa shape index (κ3) is 4.64. The average molecular weight is 828 g/mol. The van der Waals surface area contributed by atoms with Crippen molar-refractivity contribution in [2.75, 3.05) is 0 Å². The summed E-state index contributed by atoms with van der Waals surface area (Å²) < 4.78 is 7.43. The summed E-state index contributed by atoms with van der Waals surface area (Å²) in [6.07, 6.45) is 0. The van der Waals surface area contributed by atoms with E-state index in [1.165, 1.54) is 119 Å². The molecule has 0 saturated carbocycles. The topological polar surface area (TPSA) is 14.8 Å². The van der Waals surface area contributed by atoms with Crippen LogP contribution in [0.4, 0.5) is 0 Å². The number of fused-ring (bicyclic) bond motifs is 15. The fourth-order valence-corrected chi connectivity index (χ4v) is 13.3. The summed E-state index contributed by atoms with van der Waals surface area (Å²) in [5.41, 5.74) is 16.2. The molecule has 3 nitrogen and oxygen atoms in total. The molecule has 1 aliphatic heterocycles. The highest BCUT2D eigenvalue weighted by Crippen LogP contribution is 2.55. The number of hydrogen-bond acceptors (Lipinski definition) is 2. The van der Waals surface area contributed by atoms with Crippen LogP contribution < -0.4 is 0 Å². The maximum absolute atomic E-state index is 2.58. The summed E-state index contributed by atoms with van der Waals surface area (Å²) >= 11 is 3.81. The van der Waals surface area contributed by atoms with Crippen LogP contribution in [0.5, 0.6) is 0 Å². The van der Waals surface area contributed by atoms with Gasteiger partial charge in [0.05, 0.1) is 38.0 Å². The van der Waals surface area contributed by atoms with Gasteiger partial charge in [0.15, 0.2) is 0 Å². The van der Waals surface area contributed by atoms with Gasteiger partial charge >= 0.3 is 0 Å². The van der Waals surface area contributed by atoms with Crippen molar-refractivity contribution in [2.24, 2.45) is 0 Å². The zero-order valence-corrected chi connectivity index (χ0v) is 35.7. The van der Waals surface area contributed by atoms with Crippen molar-refractivity contribution in [3.8, 4) is 28.2 Å². The molecule has 292 valence electrons.